The Morgan fingerprint density at radius 3 is 2.52 bits per heavy atom. The average Bonchev–Trinajstić information content (AvgIpc) is 3.37. The van der Waals surface area contributed by atoms with Crippen molar-refractivity contribution < 1.29 is 19.4 Å². The molecule has 1 N–H and O–H groups in total. The third-order valence-corrected chi connectivity index (χ3v) is 6.97. The van der Waals surface area contributed by atoms with Crippen LogP contribution in [0, 0.1) is 0 Å². The molecule has 0 spiro atoms. The van der Waals surface area contributed by atoms with Gasteiger partial charge in [0.1, 0.15) is 11.8 Å². The van der Waals surface area contributed by atoms with Crippen LogP contribution in [0.15, 0.2) is 83.0 Å². The molecule has 0 bridgehead atoms. The maximum atomic E-state index is 13.7. The summed E-state index contributed by atoms with van der Waals surface area (Å²) in [7, 11) is 1.56. The van der Waals surface area contributed by atoms with Crippen molar-refractivity contribution in [2.45, 2.75) is 6.04 Å². The molecule has 8 heteroatoms. The Labute approximate surface area is 201 Å². The Hall–Kier alpha value is -3.49. The molecule has 2 heterocycles. The van der Waals surface area contributed by atoms with E-state index in [0.717, 1.165) is 9.17 Å². The first-order valence-corrected chi connectivity index (χ1v) is 11.7. The minimum atomic E-state index is -1.06. The summed E-state index contributed by atoms with van der Waals surface area (Å²) in [4.78, 5) is 32.9. The Kier molecular flexibility index (Phi) is 5.47. The fourth-order valence-corrected chi connectivity index (χ4v) is 5.41. The topological polar surface area (TPSA) is 79.7 Å². The molecule has 0 unspecified atom stereocenters. The summed E-state index contributed by atoms with van der Waals surface area (Å²) in [6.07, 6.45) is 0. The largest absolute Gasteiger partial charge is 0.503 e. The highest BCUT2D eigenvalue weighted by Gasteiger charge is 2.46. The Morgan fingerprint density at radius 1 is 1.09 bits per heavy atom. The molecule has 1 amide bonds. The highest BCUT2D eigenvalue weighted by molar-refractivity contribution is 9.10. The lowest BCUT2D eigenvalue weighted by Gasteiger charge is -2.23. The van der Waals surface area contributed by atoms with Crippen molar-refractivity contribution in [1.29, 1.82) is 0 Å². The molecule has 0 aliphatic carbocycles. The molecule has 164 valence electrons. The Bertz CT molecular complexity index is 1410. The van der Waals surface area contributed by atoms with Crippen molar-refractivity contribution in [3.05, 3.63) is 94.2 Å². The number of amides is 1. The van der Waals surface area contributed by atoms with Crippen molar-refractivity contribution in [2.24, 2.45) is 0 Å². The first-order valence-electron chi connectivity index (χ1n) is 10.0. The van der Waals surface area contributed by atoms with E-state index in [1.807, 2.05) is 24.3 Å². The van der Waals surface area contributed by atoms with Crippen LogP contribution in [-0.4, -0.2) is 34.9 Å². The monoisotopic (exact) mass is 520 g/mol. The zero-order valence-corrected chi connectivity index (χ0v) is 19.8. The van der Waals surface area contributed by atoms with Gasteiger partial charge < -0.3 is 9.84 Å². The van der Waals surface area contributed by atoms with Gasteiger partial charge in [0.15, 0.2) is 16.7 Å². The predicted octanol–water partition coefficient (Wildman–Crippen LogP) is 5.63. The third-order valence-electron chi connectivity index (χ3n) is 5.46. The number of carbonyl (C=O) groups excluding carboxylic acids is 2. The number of nitrogens with zero attached hydrogens (tertiary/aromatic N) is 2. The number of ether oxygens (including phenoxy) is 1. The molecule has 33 heavy (non-hydrogen) atoms. The number of rotatable bonds is 5. The third kappa shape index (κ3) is 3.71. The minimum Gasteiger partial charge on any atom is -0.503 e. The van der Waals surface area contributed by atoms with Crippen molar-refractivity contribution >= 4 is 59.9 Å². The lowest BCUT2D eigenvalue weighted by atomic mass is 9.93. The van der Waals surface area contributed by atoms with Gasteiger partial charge in [-0.25, -0.2) is 4.98 Å². The van der Waals surface area contributed by atoms with Gasteiger partial charge >= 0.3 is 0 Å². The van der Waals surface area contributed by atoms with Crippen LogP contribution in [0.1, 0.15) is 15.9 Å². The number of benzene rings is 3. The quantitative estimate of drug-likeness (QED) is 0.344. The SMILES string of the molecule is COc1ccc(C2=C(O)C(=O)N(c3nc4ccc(Br)cc4s3)[C@H]2C(=O)c2ccccc2)cc1. The van der Waals surface area contributed by atoms with Crippen LogP contribution in [0.4, 0.5) is 5.13 Å². The number of Topliss-reactive ketones (excluding diaryl/α,β-unsaturated/α-hetero) is 1. The van der Waals surface area contributed by atoms with E-state index in [9.17, 15) is 14.7 Å². The Balaban J connectivity index is 1.67. The van der Waals surface area contributed by atoms with E-state index in [4.69, 9.17) is 4.74 Å². The van der Waals surface area contributed by atoms with Gasteiger partial charge in [-0.15, -0.1) is 0 Å². The van der Waals surface area contributed by atoms with Gasteiger partial charge in [0.2, 0.25) is 0 Å². The zero-order chi connectivity index (χ0) is 23.1. The second-order valence-corrected chi connectivity index (χ2v) is 9.33. The molecule has 5 rings (SSSR count). The average molecular weight is 521 g/mol. The number of anilines is 1. The normalized spacial score (nSPS) is 16.0. The van der Waals surface area contributed by atoms with Gasteiger partial charge in [-0.3, -0.25) is 14.5 Å². The fraction of sp³-hybridized carbons (Fsp3) is 0.0800. The molecular weight excluding hydrogens is 504 g/mol. The van der Waals surface area contributed by atoms with E-state index < -0.39 is 17.7 Å². The van der Waals surface area contributed by atoms with E-state index in [1.165, 1.54) is 16.2 Å². The molecule has 0 radical (unpaired) electrons. The molecule has 1 aliphatic heterocycles. The first kappa shape index (κ1) is 21.4. The molecule has 0 saturated heterocycles. The molecular formula is C25H17BrN2O4S. The van der Waals surface area contributed by atoms with E-state index >= 15 is 0 Å². The fourth-order valence-electron chi connectivity index (χ4n) is 3.87. The number of fused-ring (bicyclic) bond motifs is 1. The summed E-state index contributed by atoms with van der Waals surface area (Å²) >= 11 is 4.74. The highest BCUT2D eigenvalue weighted by atomic mass is 79.9. The standard InChI is InChI=1S/C25H17BrN2O4S/c1-32-17-10-7-14(8-11-17)20-21(22(29)15-5-3-2-4-6-15)28(24(31)23(20)30)25-27-18-12-9-16(26)13-19(18)33-25/h2-13,21,30H,1H3/t21-/m1/s1. The molecule has 1 aliphatic rings. The second-order valence-electron chi connectivity index (χ2n) is 7.41. The summed E-state index contributed by atoms with van der Waals surface area (Å²) in [6.45, 7) is 0. The van der Waals surface area contributed by atoms with E-state index in [2.05, 4.69) is 20.9 Å². The maximum Gasteiger partial charge on any atom is 0.296 e. The van der Waals surface area contributed by atoms with Gasteiger partial charge in [-0.2, -0.15) is 0 Å². The number of halogens is 1. The number of aromatic nitrogens is 1. The van der Waals surface area contributed by atoms with Crippen molar-refractivity contribution in [1.82, 2.24) is 4.98 Å². The van der Waals surface area contributed by atoms with Crippen LogP contribution in [0.2, 0.25) is 0 Å². The predicted molar refractivity (Wildman–Crippen MR) is 132 cm³/mol. The Morgan fingerprint density at radius 2 is 1.82 bits per heavy atom. The number of methoxy groups -OCH3 is 1. The summed E-state index contributed by atoms with van der Waals surface area (Å²) in [5, 5.41) is 11.3. The van der Waals surface area contributed by atoms with E-state index in [1.54, 1.807) is 55.6 Å². The lowest BCUT2D eigenvalue weighted by molar-refractivity contribution is -0.116. The summed E-state index contributed by atoms with van der Waals surface area (Å²) in [5.74, 6) is -0.801. The first-order chi connectivity index (χ1) is 16.0. The van der Waals surface area contributed by atoms with Gasteiger partial charge in [-0.05, 0) is 35.9 Å². The molecule has 1 aromatic heterocycles. The summed E-state index contributed by atoms with van der Waals surface area (Å²) < 4.78 is 6.96. The van der Waals surface area contributed by atoms with Gasteiger partial charge in [-0.1, -0.05) is 69.7 Å². The molecule has 0 saturated carbocycles. The molecule has 3 aromatic carbocycles. The van der Waals surface area contributed by atoms with Gasteiger partial charge in [0.05, 0.1) is 17.3 Å². The zero-order valence-electron chi connectivity index (χ0n) is 17.4. The van der Waals surface area contributed by atoms with Crippen LogP contribution in [-0.2, 0) is 4.79 Å². The number of aliphatic hydroxyl groups is 1. The number of hydrogen-bond donors (Lipinski definition) is 1. The van der Waals surface area contributed by atoms with Crippen LogP contribution in [0.3, 0.4) is 0 Å². The second kappa shape index (κ2) is 8.46. The molecule has 6 nitrogen and oxygen atoms in total. The van der Waals surface area contributed by atoms with Crippen molar-refractivity contribution in [3.63, 3.8) is 0 Å². The molecule has 4 aromatic rings. The van der Waals surface area contributed by atoms with Crippen LogP contribution < -0.4 is 9.64 Å². The van der Waals surface area contributed by atoms with Gasteiger partial charge in [0.25, 0.3) is 5.91 Å². The lowest BCUT2D eigenvalue weighted by Crippen LogP contribution is -2.41. The summed E-state index contributed by atoms with van der Waals surface area (Å²) in [5.41, 5.74) is 1.94. The number of thiazole rings is 1. The number of aliphatic hydroxyl groups excluding tert-OH is 1. The number of ketones is 1. The van der Waals surface area contributed by atoms with Gasteiger partial charge in [0, 0.05) is 15.6 Å². The highest BCUT2D eigenvalue weighted by Crippen LogP contribution is 2.41. The van der Waals surface area contributed by atoms with Crippen molar-refractivity contribution in [2.75, 3.05) is 12.0 Å². The van der Waals surface area contributed by atoms with Crippen LogP contribution >= 0.6 is 27.3 Å². The smallest absolute Gasteiger partial charge is 0.296 e. The van der Waals surface area contributed by atoms with E-state index in [0.29, 0.717) is 27.5 Å². The molecule has 0 fully saturated rings. The van der Waals surface area contributed by atoms with Crippen molar-refractivity contribution in [3.8, 4) is 5.75 Å². The maximum absolute atomic E-state index is 13.7. The van der Waals surface area contributed by atoms with Crippen LogP contribution in [0.25, 0.3) is 15.8 Å². The summed E-state index contributed by atoms with van der Waals surface area (Å²) in [6, 6.07) is 20.2. The van der Waals surface area contributed by atoms with E-state index in [-0.39, 0.29) is 11.4 Å². The minimum absolute atomic E-state index is 0.247. The number of carbonyl (C=O) groups is 2. The molecule has 1 atom stereocenters. The number of hydrogen-bond acceptors (Lipinski definition) is 6. The van der Waals surface area contributed by atoms with Crippen LogP contribution in [0.5, 0.6) is 5.75 Å².